The van der Waals surface area contributed by atoms with Crippen LogP contribution in [0.25, 0.3) is 0 Å². The predicted molar refractivity (Wildman–Crippen MR) is 92.4 cm³/mol. The molecule has 2 rings (SSSR count). The molecule has 21 heavy (non-hydrogen) atoms. The van der Waals surface area contributed by atoms with E-state index in [1.165, 1.54) is 30.5 Å². The topological polar surface area (TPSA) is 18.5 Å². The highest BCUT2D eigenvalue weighted by atomic mass is 35.5. The van der Waals surface area contributed by atoms with Gasteiger partial charge in [-0.05, 0) is 64.5 Å². The van der Waals surface area contributed by atoms with Crippen LogP contribution in [0.2, 0.25) is 5.02 Å². The first-order valence-corrected chi connectivity index (χ1v) is 8.39. The van der Waals surface area contributed by atoms with Gasteiger partial charge in [0.15, 0.2) is 0 Å². The Bertz CT molecular complexity index is 444. The van der Waals surface area contributed by atoms with Gasteiger partial charge in [-0.3, -0.25) is 0 Å². The van der Waals surface area contributed by atoms with Gasteiger partial charge in [-0.2, -0.15) is 0 Å². The van der Waals surface area contributed by atoms with Gasteiger partial charge in [0.25, 0.3) is 0 Å². The van der Waals surface area contributed by atoms with Crippen molar-refractivity contribution in [3.63, 3.8) is 0 Å². The Morgan fingerprint density at radius 3 is 2.57 bits per heavy atom. The van der Waals surface area contributed by atoms with Gasteiger partial charge in [0.1, 0.15) is 0 Å². The van der Waals surface area contributed by atoms with E-state index in [1.54, 1.807) is 0 Å². The third kappa shape index (κ3) is 5.50. The van der Waals surface area contributed by atoms with Crippen molar-refractivity contribution in [3.05, 3.63) is 28.8 Å². The molecule has 1 saturated carbocycles. The fourth-order valence-corrected chi connectivity index (χ4v) is 2.71. The molecule has 0 amide bonds. The van der Waals surface area contributed by atoms with Gasteiger partial charge >= 0.3 is 0 Å². The van der Waals surface area contributed by atoms with Crippen LogP contribution < -0.4 is 10.2 Å². The zero-order valence-corrected chi connectivity index (χ0v) is 14.3. The van der Waals surface area contributed by atoms with Crippen molar-refractivity contribution in [3.8, 4) is 0 Å². The van der Waals surface area contributed by atoms with Crippen LogP contribution in [0.5, 0.6) is 0 Å². The average molecular weight is 310 g/mol. The number of halogens is 1. The Balaban J connectivity index is 1.92. The van der Waals surface area contributed by atoms with E-state index in [0.717, 1.165) is 37.2 Å². The van der Waals surface area contributed by atoms with Crippen molar-refractivity contribution in [1.82, 2.24) is 10.2 Å². The number of rotatable bonds is 9. The lowest BCUT2D eigenvalue weighted by Gasteiger charge is -2.24. The minimum Gasteiger partial charge on any atom is -0.372 e. The number of nitrogens with one attached hydrogen (secondary N) is 1. The first-order valence-electron chi connectivity index (χ1n) is 8.01. The smallest absolute Gasteiger partial charge is 0.0471 e. The fourth-order valence-electron chi connectivity index (χ4n) is 2.47. The molecule has 0 bridgehead atoms. The van der Waals surface area contributed by atoms with E-state index in [4.69, 9.17) is 11.6 Å². The van der Waals surface area contributed by atoms with Crippen molar-refractivity contribution in [2.45, 2.75) is 38.8 Å². The van der Waals surface area contributed by atoms with E-state index < -0.39 is 0 Å². The molecular weight excluding hydrogens is 282 g/mol. The second-order valence-electron chi connectivity index (χ2n) is 6.17. The second-order valence-corrected chi connectivity index (χ2v) is 6.57. The fraction of sp³-hybridized carbons (Fsp3) is 0.647. The number of benzene rings is 1. The first-order chi connectivity index (χ1) is 10.1. The maximum atomic E-state index is 6.44. The van der Waals surface area contributed by atoms with Crippen LogP contribution in [-0.2, 0) is 6.54 Å². The Morgan fingerprint density at radius 1 is 1.24 bits per heavy atom. The van der Waals surface area contributed by atoms with Crippen LogP contribution in [0.4, 0.5) is 5.69 Å². The standard InChI is InChI=1S/C17H28ClN3/c1-4-21(11-5-10-20(2)3)16-9-6-14(17(18)12-16)13-19-15-7-8-15/h6,9,12,15,19H,4-5,7-8,10-11,13H2,1-3H3. The maximum absolute atomic E-state index is 6.44. The van der Waals surface area contributed by atoms with Crippen molar-refractivity contribution < 1.29 is 0 Å². The van der Waals surface area contributed by atoms with Gasteiger partial charge in [0.2, 0.25) is 0 Å². The molecule has 0 atom stereocenters. The van der Waals surface area contributed by atoms with Crippen LogP contribution in [0.15, 0.2) is 18.2 Å². The zero-order chi connectivity index (χ0) is 15.2. The summed E-state index contributed by atoms with van der Waals surface area (Å²) in [5.41, 5.74) is 2.44. The van der Waals surface area contributed by atoms with E-state index in [-0.39, 0.29) is 0 Å². The molecule has 0 spiro atoms. The third-order valence-electron chi connectivity index (χ3n) is 3.98. The van der Waals surface area contributed by atoms with Crippen molar-refractivity contribution in [2.75, 3.05) is 38.6 Å². The molecule has 0 heterocycles. The molecule has 1 aliphatic carbocycles. The van der Waals surface area contributed by atoms with Crippen molar-refractivity contribution in [2.24, 2.45) is 0 Å². The molecule has 1 aliphatic rings. The number of hydrogen-bond acceptors (Lipinski definition) is 3. The van der Waals surface area contributed by atoms with Crippen LogP contribution in [-0.4, -0.2) is 44.7 Å². The lowest BCUT2D eigenvalue weighted by atomic mass is 10.2. The summed E-state index contributed by atoms with van der Waals surface area (Å²) in [6, 6.07) is 7.21. The molecule has 1 aromatic carbocycles. The molecule has 1 fully saturated rings. The zero-order valence-electron chi connectivity index (χ0n) is 13.5. The minimum atomic E-state index is 0.721. The van der Waals surface area contributed by atoms with Gasteiger partial charge in [-0.1, -0.05) is 17.7 Å². The molecular formula is C17H28ClN3. The molecule has 0 aromatic heterocycles. The summed E-state index contributed by atoms with van der Waals surface area (Å²) in [5, 5.41) is 4.40. The summed E-state index contributed by atoms with van der Waals surface area (Å²) in [6.45, 7) is 6.30. The second kappa shape index (κ2) is 8.02. The highest BCUT2D eigenvalue weighted by molar-refractivity contribution is 6.31. The van der Waals surface area contributed by atoms with Gasteiger partial charge in [-0.15, -0.1) is 0 Å². The molecule has 3 nitrogen and oxygen atoms in total. The summed E-state index contributed by atoms with van der Waals surface area (Å²) in [4.78, 5) is 4.63. The van der Waals surface area contributed by atoms with Crippen molar-refractivity contribution in [1.29, 1.82) is 0 Å². The average Bonchev–Trinajstić information content (AvgIpc) is 3.26. The normalized spacial score (nSPS) is 14.7. The van der Waals surface area contributed by atoms with Gasteiger partial charge in [0.05, 0.1) is 0 Å². The van der Waals surface area contributed by atoms with Gasteiger partial charge in [0, 0.05) is 36.4 Å². The Kier molecular flexibility index (Phi) is 6.34. The maximum Gasteiger partial charge on any atom is 0.0471 e. The SMILES string of the molecule is CCN(CCCN(C)C)c1ccc(CNC2CC2)c(Cl)c1. The molecule has 0 aliphatic heterocycles. The lowest BCUT2D eigenvalue weighted by molar-refractivity contribution is 0.400. The van der Waals surface area contributed by atoms with Crippen LogP contribution in [0, 0.1) is 0 Å². The Hall–Kier alpha value is -0.770. The lowest BCUT2D eigenvalue weighted by Crippen LogP contribution is -2.27. The quantitative estimate of drug-likeness (QED) is 0.754. The van der Waals surface area contributed by atoms with E-state index in [0.29, 0.717) is 0 Å². The monoisotopic (exact) mass is 309 g/mol. The van der Waals surface area contributed by atoms with E-state index in [2.05, 4.69) is 54.3 Å². The third-order valence-corrected chi connectivity index (χ3v) is 4.33. The van der Waals surface area contributed by atoms with Gasteiger partial charge < -0.3 is 15.1 Å². The molecule has 0 radical (unpaired) electrons. The Morgan fingerprint density at radius 2 is 2.00 bits per heavy atom. The number of anilines is 1. The molecule has 118 valence electrons. The highest BCUT2D eigenvalue weighted by Gasteiger charge is 2.20. The summed E-state index contributed by atoms with van der Waals surface area (Å²) >= 11 is 6.44. The largest absolute Gasteiger partial charge is 0.372 e. The molecule has 0 saturated heterocycles. The number of nitrogens with zero attached hydrogens (tertiary/aromatic N) is 2. The molecule has 4 heteroatoms. The summed E-state index contributed by atoms with van der Waals surface area (Å²) < 4.78 is 0. The van der Waals surface area contributed by atoms with Crippen LogP contribution in [0.3, 0.4) is 0 Å². The first kappa shape index (κ1) is 16.6. The van der Waals surface area contributed by atoms with Gasteiger partial charge in [-0.25, -0.2) is 0 Å². The summed E-state index contributed by atoms with van der Waals surface area (Å²) in [5.74, 6) is 0. The summed E-state index contributed by atoms with van der Waals surface area (Å²) in [7, 11) is 4.24. The van der Waals surface area contributed by atoms with Crippen molar-refractivity contribution >= 4 is 17.3 Å². The van der Waals surface area contributed by atoms with Crippen LogP contribution >= 0.6 is 11.6 Å². The predicted octanol–water partition coefficient (Wildman–Crippen LogP) is 3.37. The number of hydrogen-bond donors (Lipinski definition) is 1. The molecule has 0 unspecified atom stereocenters. The van der Waals surface area contributed by atoms with E-state index in [1.807, 2.05) is 0 Å². The summed E-state index contributed by atoms with van der Waals surface area (Å²) in [6.07, 6.45) is 3.79. The van der Waals surface area contributed by atoms with Crippen LogP contribution in [0.1, 0.15) is 31.7 Å². The van der Waals surface area contributed by atoms with E-state index >= 15 is 0 Å². The minimum absolute atomic E-state index is 0.721. The highest BCUT2D eigenvalue weighted by Crippen LogP contribution is 2.25. The molecule has 1 aromatic rings. The van der Waals surface area contributed by atoms with E-state index in [9.17, 15) is 0 Å². The Labute approximate surface area is 134 Å². The molecule has 1 N–H and O–H groups in total.